The number of anilines is 1. The van der Waals surface area contributed by atoms with Gasteiger partial charge in [-0.3, -0.25) is 4.79 Å². The van der Waals surface area contributed by atoms with E-state index in [0.29, 0.717) is 22.6 Å². The average molecular weight is 363 g/mol. The van der Waals surface area contributed by atoms with Gasteiger partial charge in [-0.2, -0.15) is 0 Å². The summed E-state index contributed by atoms with van der Waals surface area (Å²) in [5.74, 6) is -0.0166. The molecule has 1 aliphatic rings. The lowest BCUT2D eigenvalue weighted by Crippen LogP contribution is -2.40. The van der Waals surface area contributed by atoms with Crippen LogP contribution in [0, 0.1) is 0 Å². The zero-order valence-electron chi connectivity index (χ0n) is 13.7. The largest absolute Gasteiger partial charge is 0.359 e. The van der Waals surface area contributed by atoms with Gasteiger partial charge in [-0.05, 0) is 49.6 Å². The summed E-state index contributed by atoms with van der Waals surface area (Å²) in [7, 11) is 0. The van der Waals surface area contributed by atoms with Gasteiger partial charge in [-0.1, -0.05) is 47.5 Å². The number of halogens is 2. The van der Waals surface area contributed by atoms with E-state index >= 15 is 0 Å². The first-order valence-electron chi connectivity index (χ1n) is 8.04. The Morgan fingerprint density at radius 1 is 1.29 bits per heavy atom. The minimum absolute atomic E-state index is 0.0166. The number of fused-ring (bicyclic) bond motifs is 1. The molecule has 3 rings (SSSR count). The summed E-state index contributed by atoms with van der Waals surface area (Å²) in [6, 6.07) is 13.7. The monoisotopic (exact) mass is 362 g/mol. The summed E-state index contributed by atoms with van der Waals surface area (Å²) < 4.78 is 0. The molecule has 1 amide bonds. The fraction of sp³-hybridized carbons (Fsp3) is 0.316. The molecule has 0 fully saturated rings. The molecule has 3 nitrogen and oxygen atoms in total. The first kappa shape index (κ1) is 17.1. The quantitative estimate of drug-likeness (QED) is 0.860. The summed E-state index contributed by atoms with van der Waals surface area (Å²) in [6.45, 7) is 4.41. The van der Waals surface area contributed by atoms with E-state index in [9.17, 15) is 4.79 Å². The van der Waals surface area contributed by atoms with Gasteiger partial charge in [0.25, 0.3) is 0 Å². The van der Waals surface area contributed by atoms with Crippen molar-refractivity contribution in [3.05, 3.63) is 63.6 Å². The van der Waals surface area contributed by atoms with Crippen LogP contribution in [0.5, 0.6) is 0 Å². The summed E-state index contributed by atoms with van der Waals surface area (Å²) in [6.07, 6.45) is 0.974. The minimum atomic E-state index is -0.171. The Morgan fingerprint density at radius 2 is 2.04 bits per heavy atom. The van der Waals surface area contributed by atoms with Crippen LogP contribution in [0.4, 0.5) is 5.69 Å². The van der Waals surface area contributed by atoms with Crippen molar-refractivity contribution in [3.8, 4) is 0 Å². The highest BCUT2D eigenvalue weighted by Crippen LogP contribution is 2.31. The van der Waals surface area contributed by atoms with E-state index < -0.39 is 0 Å². The van der Waals surface area contributed by atoms with Crippen LogP contribution < -0.4 is 10.2 Å². The second kappa shape index (κ2) is 7.04. The lowest BCUT2D eigenvalue weighted by atomic mass is 10.1. The summed E-state index contributed by atoms with van der Waals surface area (Å²) in [4.78, 5) is 14.6. The van der Waals surface area contributed by atoms with E-state index in [4.69, 9.17) is 23.2 Å². The Morgan fingerprint density at radius 3 is 2.79 bits per heavy atom. The first-order valence-corrected chi connectivity index (χ1v) is 8.80. The molecule has 0 radical (unpaired) electrons. The molecule has 0 saturated heterocycles. The van der Waals surface area contributed by atoms with Crippen molar-refractivity contribution in [1.29, 1.82) is 0 Å². The third-order valence-corrected chi connectivity index (χ3v) is 5.03. The zero-order chi connectivity index (χ0) is 17.3. The van der Waals surface area contributed by atoms with Crippen LogP contribution in [-0.2, 0) is 11.2 Å². The fourth-order valence-corrected chi connectivity index (χ4v) is 3.81. The standard InChI is InChI=1S/C19H20Cl2N2O/c1-12-9-14-5-3-4-6-18(14)23(12)11-19(24)22-13(2)16-8-7-15(20)10-17(16)21/h3-8,10,12-13H,9,11H2,1-2H3,(H,22,24). The molecule has 1 N–H and O–H groups in total. The van der Waals surface area contributed by atoms with Gasteiger partial charge in [0.2, 0.25) is 5.91 Å². The van der Waals surface area contributed by atoms with Gasteiger partial charge in [0.05, 0.1) is 12.6 Å². The van der Waals surface area contributed by atoms with E-state index in [2.05, 4.69) is 29.3 Å². The number of amides is 1. The van der Waals surface area contributed by atoms with E-state index in [1.165, 1.54) is 5.56 Å². The smallest absolute Gasteiger partial charge is 0.240 e. The molecule has 5 heteroatoms. The third-order valence-electron chi connectivity index (χ3n) is 4.47. The number of carbonyl (C=O) groups excluding carboxylic acids is 1. The fourth-order valence-electron chi connectivity index (χ4n) is 3.24. The molecule has 0 aliphatic carbocycles. The lowest BCUT2D eigenvalue weighted by Gasteiger charge is -2.25. The highest BCUT2D eigenvalue weighted by atomic mass is 35.5. The normalized spacial score (nSPS) is 17.5. The van der Waals surface area contributed by atoms with Gasteiger partial charge >= 0.3 is 0 Å². The number of carbonyl (C=O) groups is 1. The number of hydrogen-bond donors (Lipinski definition) is 1. The van der Waals surface area contributed by atoms with Crippen LogP contribution >= 0.6 is 23.2 Å². The van der Waals surface area contributed by atoms with Crippen LogP contribution in [0.1, 0.15) is 31.0 Å². The molecule has 0 saturated carbocycles. The zero-order valence-corrected chi connectivity index (χ0v) is 15.2. The average Bonchev–Trinajstić information content (AvgIpc) is 2.83. The van der Waals surface area contributed by atoms with Crippen LogP contribution in [0.3, 0.4) is 0 Å². The van der Waals surface area contributed by atoms with Crippen molar-refractivity contribution in [3.63, 3.8) is 0 Å². The molecular formula is C19H20Cl2N2O. The van der Waals surface area contributed by atoms with E-state index in [1.807, 2.05) is 25.1 Å². The van der Waals surface area contributed by atoms with Gasteiger partial charge in [-0.25, -0.2) is 0 Å². The van der Waals surface area contributed by atoms with E-state index in [0.717, 1.165) is 17.7 Å². The van der Waals surface area contributed by atoms with Gasteiger partial charge in [-0.15, -0.1) is 0 Å². The number of nitrogens with one attached hydrogen (secondary N) is 1. The topological polar surface area (TPSA) is 32.3 Å². The number of nitrogens with zero attached hydrogens (tertiary/aromatic N) is 1. The minimum Gasteiger partial charge on any atom is -0.359 e. The molecule has 0 aromatic heterocycles. The van der Waals surface area contributed by atoms with Crippen LogP contribution in [0.2, 0.25) is 10.0 Å². The van der Waals surface area contributed by atoms with Gasteiger partial charge in [0.1, 0.15) is 0 Å². The SMILES string of the molecule is CC(NC(=O)CN1c2ccccc2CC1C)c1ccc(Cl)cc1Cl. The number of para-hydroxylation sites is 1. The summed E-state index contributed by atoms with van der Waals surface area (Å²) in [5, 5.41) is 4.18. The highest BCUT2D eigenvalue weighted by molar-refractivity contribution is 6.35. The summed E-state index contributed by atoms with van der Waals surface area (Å²) in [5.41, 5.74) is 3.31. The lowest BCUT2D eigenvalue weighted by molar-refractivity contribution is -0.120. The van der Waals surface area contributed by atoms with Crippen molar-refractivity contribution in [2.24, 2.45) is 0 Å². The second-order valence-corrected chi connectivity index (χ2v) is 7.11. The predicted octanol–water partition coefficient (Wildman–Crippen LogP) is 4.62. The van der Waals surface area contributed by atoms with E-state index in [1.54, 1.807) is 12.1 Å². The molecule has 126 valence electrons. The molecule has 0 bridgehead atoms. The maximum absolute atomic E-state index is 12.5. The molecule has 2 unspecified atom stereocenters. The number of hydrogen-bond acceptors (Lipinski definition) is 2. The maximum atomic E-state index is 12.5. The molecule has 2 aromatic rings. The van der Waals surface area contributed by atoms with Crippen LogP contribution in [0.25, 0.3) is 0 Å². The van der Waals surface area contributed by atoms with Crippen molar-refractivity contribution < 1.29 is 4.79 Å². The molecule has 0 spiro atoms. The highest BCUT2D eigenvalue weighted by Gasteiger charge is 2.27. The molecular weight excluding hydrogens is 343 g/mol. The third kappa shape index (κ3) is 3.52. The Hall–Kier alpha value is -1.71. The molecule has 2 atom stereocenters. The van der Waals surface area contributed by atoms with Crippen molar-refractivity contribution in [2.75, 3.05) is 11.4 Å². The maximum Gasteiger partial charge on any atom is 0.240 e. The Kier molecular flexibility index (Phi) is 5.02. The van der Waals surface area contributed by atoms with Gasteiger partial charge in [0.15, 0.2) is 0 Å². The molecule has 1 aliphatic heterocycles. The first-order chi connectivity index (χ1) is 11.5. The number of rotatable bonds is 4. The molecule has 1 heterocycles. The predicted molar refractivity (Wildman–Crippen MR) is 100.0 cm³/mol. The van der Waals surface area contributed by atoms with Crippen LogP contribution in [0.15, 0.2) is 42.5 Å². The van der Waals surface area contributed by atoms with Crippen LogP contribution in [-0.4, -0.2) is 18.5 Å². The summed E-state index contributed by atoms with van der Waals surface area (Å²) >= 11 is 12.1. The number of benzene rings is 2. The molecule has 2 aromatic carbocycles. The van der Waals surface area contributed by atoms with Gasteiger partial charge < -0.3 is 10.2 Å². The van der Waals surface area contributed by atoms with Crippen molar-refractivity contribution in [2.45, 2.75) is 32.4 Å². The Labute approximate surface area is 152 Å². The van der Waals surface area contributed by atoms with E-state index in [-0.39, 0.29) is 11.9 Å². The van der Waals surface area contributed by atoms with Gasteiger partial charge in [0, 0.05) is 21.8 Å². The molecule has 24 heavy (non-hydrogen) atoms. The Bertz CT molecular complexity index is 763. The van der Waals surface area contributed by atoms with Crippen molar-refractivity contribution >= 4 is 34.8 Å². The van der Waals surface area contributed by atoms with Crippen molar-refractivity contribution in [1.82, 2.24) is 5.32 Å². The second-order valence-electron chi connectivity index (χ2n) is 6.26. The Balaban J connectivity index is 1.67.